The molecule has 0 radical (unpaired) electrons. The van der Waals surface area contributed by atoms with Gasteiger partial charge in [0.15, 0.2) is 0 Å². The molecule has 0 aromatic carbocycles. The summed E-state index contributed by atoms with van der Waals surface area (Å²) in [6.07, 6.45) is 4.38. The van der Waals surface area contributed by atoms with Crippen LogP contribution in [0.4, 0.5) is 11.6 Å². The molecule has 1 aliphatic heterocycles. The second kappa shape index (κ2) is 6.88. The van der Waals surface area contributed by atoms with Crippen LogP contribution in [0.1, 0.15) is 51.3 Å². The molecule has 2 rings (SSSR count). The summed E-state index contributed by atoms with van der Waals surface area (Å²) in [5.74, 6) is 3.04. The Morgan fingerprint density at radius 3 is 2.85 bits per heavy atom. The summed E-state index contributed by atoms with van der Waals surface area (Å²) >= 11 is 0. The van der Waals surface area contributed by atoms with Gasteiger partial charge in [-0.1, -0.05) is 13.8 Å². The molecule has 1 fully saturated rings. The lowest BCUT2D eigenvalue weighted by Crippen LogP contribution is -2.40. The summed E-state index contributed by atoms with van der Waals surface area (Å²) in [5.41, 5.74) is 0. The molecule has 0 spiro atoms. The first-order valence-corrected chi connectivity index (χ1v) is 7.60. The van der Waals surface area contributed by atoms with Gasteiger partial charge in [-0.25, -0.2) is 9.97 Å². The number of piperidine rings is 1. The zero-order valence-corrected chi connectivity index (χ0v) is 12.8. The van der Waals surface area contributed by atoms with Crippen LogP contribution < -0.4 is 10.2 Å². The van der Waals surface area contributed by atoms with Gasteiger partial charge in [0.1, 0.15) is 17.5 Å². The van der Waals surface area contributed by atoms with Gasteiger partial charge in [0.05, 0.1) is 0 Å². The minimum atomic E-state index is 0.238. The second-order valence-electron chi connectivity index (χ2n) is 5.73. The Hall–Kier alpha value is -1.36. The molecule has 0 bridgehead atoms. The van der Waals surface area contributed by atoms with Gasteiger partial charge in [0, 0.05) is 38.2 Å². The van der Waals surface area contributed by atoms with E-state index in [0.29, 0.717) is 12.0 Å². The van der Waals surface area contributed by atoms with E-state index < -0.39 is 0 Å². The monoisotopic (exact) mass is 278 g/mol. The fourth-order valence-electron chi connectivity index (χ4n) is 2.74. The molecular formula is C15H26N4O. The van der Waals surface area contributed by atoms with Crippen molar-refractivity contribution in [3.05, 3.63) is 11.9 Å². The Balaban J connectivity index is 2.31. The van der Waals surface area contributed by atoms with E-state index in [1.807, 2.05) is 13.1 Å². The van der Waals surface area contributed by atoms with Crippen molar-refractivity contribution in [3.8, 4) is 0 Å². The SMILES string of the molecule is CNc1cc(N2CCCCC2CCO)nc(C(C)C)n1. The van der Waals surface area contributed by atoms with Crippen LogP contribution in [0.15, 0.2) is 6.07 Å². The summed E-state index contributed by atoms with van der Waals surface area (Å²) in [4.78, 5) is 11.6. The van der Waals surface area contributed by atoms with Crippen LogP contribution in [0.25, 0.3) is 0 Å². The van der Waals surface area contributed by atoms with Crippen LogP contribution in [-0.4, -0.2) is 41.3 Å². The maximum Gasteiger partial charge on any atom is 0.135 e. The summed E-state index contributed by atoms with van der Waals surface area (Å²) in [6.45, 7) is 5.48. The lowest BCUT2D eigenvalue weighted by molar-refractivity contribution is 0.262. The van der Waals surface area contributed by atoms with Crippen LogP contribution in [0, 0.1) is 0 Å². The molecule has 1 saturated heterocycles. The summed E-state index contributed by atoms with van der Waals surface area (Å²) in [6, 6.07) is 2.41. The minimum absolute atomic E-state index is 0.238. The third-order valence-electron chi connectivity index (χ3n) is 3.89. The number of anilines is 2. The third-order valence-corrected chi connectivity index (χ3v) is 3.89. The van der Waals surface area contributed by atoms with Crippen LogP contribution >= 0.6 is 0 Å². The Morgan fingerprint density at radius 1 is 1.40 bits per heavy atom. The summed E-state index contributed by atoms with van der Waals surface area (Å²) in [5, 5.41) is 12.4. The number of hydrogen-bond donors (Lipinski definition) is 2. The molecule has 5 heteroatoms. The zero-order chi connectivity index (χ0) is 14.5. The molecule has 0 saturated carbocycles. The molecular weight excluding hydrogens is 252 g/mol. The highest BCUT2D eigenvalue weighted by Gasteiger charge is 2.24. The summed E-state index contributed by atoms with van der Waals surface area (Å²) in [7, 11) is 1.89. The average molecular weight is 278 g/mol. The molecule has 1 aromatic rings. The molecule has 5 nitrogen and oxygen atoms in total. The smallest absolute Gasteiger partial charge is 0.135 e. The number of aliphatic hydroxyl groups is 1. The fraction of sp³-hybridized carbons (Fsp3) is 0.733. The highest BCUT2D eigenvalue weighted by Crippen LogP contribution is 2.27. The van der Waals surface area contributed by atoms with Gasteiger partial charge in [-0.15, -0.1) is 0 Å². The number of rotatable bonds is 5. The largest absolute Gasteiger partial charge is 0.396 e. The molecule has 1 atom stereocenters. The van der Waals surface area contributed by atoms with Gasteiger partial charge in [-0.3, -0.25) is 0 Å². The predicted octanol–water partition coefficient (Wildman–Crippen LogP) is 2.38. The highest BCUT2D eigenvalue weighted by molar-refractivity contribution is 5.50. The maximum atomic E-state index is 9.26. The first-order valence-electron chi connectivity index (χ1n) is 7.60. The molecule has 1 aromatic heterocycles. The van der Waals surface area contributed by atoms with E-state index in [1.165, 1.54) is 12.8 Å². The Labute approximate surface area is 121 Å². The van der Waals surface area contributed by atoms with E-state index in [9.17, 15) is 5.11 Å². The third kappa shape index (κ3) is 3.39. The van der Waals surface area contributed by atoms with E-state index in [2.05, 4.69) is 29.0 Å². The van der Waals surface area contributed by atoms with Crippen molar-refractivity contribution in [3.63, 3.8) is 0 Å². The average Bonchev–Trinajstić information content (AvgIpc) is 2.47. The van der Waals surface area contributed by atoms with E-state index >= 15 is 0 Å². The van der Waals surface area contributed by atoms with Crippen LogP contribution in [0.3, 0.4) is 0 Å². The maximum absolute atomic E-state index is 9.26. The van der Waals surface area contributed by atoms with Crippen LogP contribution in [-0.2, 0) is 0 Å². The topological polar surface area (TPSA) is 61.3 Å². The number of hydrogen-bond acceptors (Lipinski definition) is 5. The van der Waals surface area contributed by atoms with E-state index in [1.54, 1.807) is 0 Å². The molecule has 0 amide bonds. The Bertz CT molecular complexity index is 434. The number of nitrogens with zero attached hydrogens (tertiary/aromatic N) is 3. The molecule has 1 aliphatic rings. The molecule has 1 unspecified atom stereocenters. The van der Waals surface area contributed by atoms with Crippen molar-refractivity contribution in [2.24, 2.45) is 0 Å². The molecule has 20 heavy (non-hydrogen) atoms. The van der Waals surface area contributed by atoms with Gasteiger partial charge >= 0.3 is 0 Å². The lowest BCUT2D eigenvalue weighted by atomic mass is 9.99. The van der Waals surface area contributed by atoms with Crippen molar-refractivity contribution in [2.45, 2.75) is 51.5 Å². The first-order chi connectivity index (χ1) is 9.65. The normalized spacial score (nSPS) is 19.4. The van der Waals surface area contributed by atoms with Crippen molar-refractivity contribution >= 4 is 11.6 Å². The Morgan fingerprint density at radius 2 is 2.20 bits per heavy atom. The van der Waals surface area contributed by atoms with E-state index in [-0.39, 0.29) is 6.61 Å². The van der Waals surface area contributed by atoms with Gasteiger partial charge in [0.2, 0.25) is 0 Å². The van der Waals surface area contributed by atoms with Gasteiger partial charge < -0.3 is 15.3 Å². The quantitative estimate of drug-likeness (QED) is 0.866. The zero-order valence-electron chi connectivity index (χ0n) is 12.8. The van der Waals surface area contributed by atoms with Crippen molar-refractivity contribution in [1.82, 2.24) is 9.97 Å². The highest BCUT2D eigenvalue weighted by atomic mass is 16.3. The number of nitrogens with one attached hydrogen (secondary N) is 1. The number of aromatic nitrogens is 2. The minimum Gasteiger partial charge on any atom is -0.396 e. The lowest BCUT2D eigenvalue weighted by Gasteiger charge is -2.36. The standard InChI is InChI=1S/C15H26N4O/c1-11(2)15-17-13(16-3)10-14(18-15)19-8-5-4-6-12(19)7-9-20/h10-12,20H,4-9H2,1-3H3,(H,16,17,18). The second-order valence-corrected chi connectivity index (χ2v) is 5.73. The van der Waals surface area contributed by atoms with Crippen molar-refractivity contribution < 1.29 is 5.11 Å². The Kier molecular flexibility index (Phi) is 5.17. The molecule has 0 aliphatic carbocycles. The van der Waals surface area contributed by atoms with Gasteiger partial charge in [0.25, 0.3) is 0 Å². The first kappa shape index (κ1) is 15.0. The van der Waals surface area contributed by atoms with Crippen LogP contribution in [0.2, 0.25) is 0 Å². The molecule has 112 valence electrons. The van der Waals surface area contributed by atoms with Crippen LogP contribution in [0.5, 0.6) is 0 Å². The molecule has 2 heterocycles. The van der Waals surface area contributed by atoms with Crippen molar-refractivity contribution in [1.29, 1.82) is 0 Å². The summed E-state index contributed by atoms with van der Waals surface area (Å²) < 4.78 is 0. The van der Waals surface area contributed by atoms with E-state index in [0.717, 1.165) is 36.8 Å². The van der Waals surface area contributed by atoms with Gasteiger partial charge in [-0.05, 0) is 25.7 Å². The molecule has 2 N–H and O–H groups in total. The fourth-order valence-corrected chi connectivity index (χ4v) is 2.74. The predicted molar refractivity (Wildman–Crippen MR) is 82.4 cm³/mol. The van der Waals surface area contributed by atoms with E-state index in [4.69, 9.17) is 4.98 Å². The van der Waals surface area contributed by atoms with Crippen molar-refractivity contribution in [2.75, 3.05) is 30.4 Å². The van der Waals surface area contributed by atoms with Gasteiger partial charge in [-0.2, -0.15) is 0 Å². The number of aliphatic hydroxyl groups excluding tert-OH is 1.